The van der Waals surface area contributed by atoms with E-state index in [0.717, 1.165) is 44.5 Å². The van der Waals surface area contributed by atoms with Gasteiger partial charge in [-0.3, -0.25) is 0 Å². The van der Waals surface area contributed by atoms with Crippen LogP contribution in [0.3, 0.4) is 0 Å². The van der Waals surface area contributed by atoms with E-state index in [1.54, 1.807) is 0 Å². The minimum atomic E-state index is 0.893. The first kappa shape index (κ1) is 16.3. The van der Waals surface area contributed by atoms with Gasteiger partial charge in [0, 0.05) is 39.1 Å². The predicted molar refractivity (Wildman–Crippen MR) is 103 cm³/mol. The molecule has 4 heteroatoms. The molecule has 0 spiro atoms. The zero-order valence-corrected chi connectivity index (χ0v) is 14.7. The lowest BCUT2D eigenvalue weighted by atomic mass is 10.2. The first-order valence-corrected chi connectivity index (χ1v) is 9.31. The number of hydrogen-bond acceptors (Lipinski definition) is 3. The topological polar surface area (TPSA) is 33.1 Å². The minimum absolute atomic E-state index is 0.893. The Labute approximate surface area is 149 Å². The van der Waals surface area contributed by atoms with Gasteiger partial charge in [-0.2, -0.15) is 0 Å². The molecule has 0 unspecified atom stereocenters. The Bertz CT molecular complexity index is 803. The number of aromatic nitrogens is 2. The summed E-state index contributed by atoms with van der Waals surface area (Å²) >= 11 is 0. The van der Waals surface area contributed by atoms with Crippen LogP contribution in [-0.2, 0) is 13.0 Å². The van der Waals surface area contributed by atoms with E-state index < -0.39 is 0 Å². The molecule has 1 saturated heterocycles. The molecular weight excluding hydrogens is 308 g/mol. The normalized spacial score (nSPS) is 15.7. The molecule has 0 saturated carbocycles. The van der Waals surface area contributed by atoms with Crippen LogP contribution in [0.25, 0.3) is 11.0 Å². The van der Waals surface area contributed by atoms with Gasteiger partial charge in [-0.15, -0.1) is 0 Å². The van der Waals surface area contributed by atoms with Crippen LogP contribution >= 0.6 is 0 Å². The van der Waals surface area contributed by atoms with Crippen molar-refractivity contribution in [3.63, 3.8) is 0 Å². The van der Waals surface area contributed by atoms with Crippen molar-refractivity contribution in [3.05, 3.63) is 66.0 Å². The molecule has 0 bridgehead atoms. The van der Waals surface area contributed by atoms with Gasteiger partial charge in [-0.25, -0.2) is 4.98 Å². The molecule has 0 amide bonds. The standard InChI is InChI=1S/C21H26N4/c1-2-7-18(8-3-1)17-25-20-10-5-4-9-19(20)23-21(25)11-6-14-24-15-12-22-13-16-24/h1-5,7-10,22H,6,11-17H2. The number of para-hydroxylation sites is 2. The molecule has 4 nitrogen and oxygen atoms in total. The number of hydrogen-bond donors (Lipinski definition) is 1. The molecule has 0 radical (unpaired) electrons. The number of aryl methyl sites for hydroxylation is 1. The molecule has 0 aliphatic carbocycles. The maximum absolute atomic E-state index is 4.92. The summed E-state index contributed by atoms with van der Waals surface area (Å²) in [7, 11) is 0. The Balaban J connectivity index is 1.51. The van der Waals surface area contributed by atoms with Crippen molar-refractivity contribution in [1.82, 2.24) is 19.8 Å². The van der Waals surface area contributed by atoms with Crippen molar-refractivity contribution < 1.29 is 0 Å². The molecule has 25 heavy (non-hydrogen) atoms. The second-order valence-corrected chi connectivity index (χ2v) is 6.78. The van der Waals surface area contributed by atoms with Gasteiger partial charge in [-0.05, 0) is 30.7 Å². The third kappa shape index (κ3) is 3.91. The van der Waals surface area contributed by atoms with Crippen molar-refractivity contribution in [2.75, 3.05) is 32.7 Å². The minimum Gasteiger partial charge on any atom is -0.323 e. The number of nitrogens with one attached hydrogen (secondary N) is 1. The largest absolute Gasteiger partial charge is 0.323 e. The van der Waals surface area contributed by atoms with Gasteiger partial charge >= 0.3 is 0 Å². The molecule has 2 heterocycles. The molecular formula is C21H26N4. The highest BCUT2D eigenvalue weighted by Gasteiger charge is 2.13. The highest BCUT2D eigenvalue weighted by molar-refractivity contribution is 5.76. The van der Waals surface area contributed by atoms with Gasteiger partial charge in [0.2, 0.25) is 0 Å². The van der Waals surface area contributed by atoms with Crippen LogP contribution in [0.1, 0.15) is 17.8 Å². The summed E-state index contributed by atoms with van der Waals surface area (Å²) in [4.78, 5) is 7.48. The highest BCUT2D eigenvalue weighted by Crippen LogP contribution is 2.19. The lowest BCUT2D eigenvalue weighted by Gasteiger charge is -2.27. The van der Waals surface area contributed by atoms with Gasteiger partial charge in [0.05, 0.1) is 11.0 Å². The van der Waals surface area contributed by atoms with Crippen LogP contribution < -0.4 is 5.32 Å². The molecule has 1 fully saturated rings. The maximum atomic E-state index is 4.92. The first-order chi connectivity index (χ1) is 12.4. The number of imidazole rings is 1. The first-order valence-electron chi connectivity index (χ1n) is 9.31. The van der Waals surface area contributed by atoms with E-state index in [1.165, 1.54) is 30.0 Å². The molecule has 1 N–H and O–H groups in total. The van der Waals surface area contributed by atoms with Crippen LogP contribution in [0.4, 0.5) is 0 Å². The van der Waals surface area contributed by atoms with Crippen LogP contribution in [-0.4, -0.2) is 47.2 Å². The van der Waals surface area contributed by atoms with E-state index in [-0.39, 0.29) is 0 Å². The summed E-state index contributed by atoms with van der Waals surface area (Å²) < 4.78 is 2.39. The Morgan fingerprint density at radius 3 is 2.52 bits per heavy atom. The van der Waals surface area contributed by atoms with Crippen LogP contribution in [0, 0.1) is 0 Å². The summed E-state index contributed by atoms with van der Waals surface area (Å²) in [6.45, 7) is 6.63. The Kier molecular flexibility index (Phi) is 5.09. The van der Waals surface area contributed by atoms with Crippen molar-refractivity contribution in [3.8, 4) is 0 Å². The van der Waals surface area contributed by atoms with Crippen LogP contribution in [0.5, 0.6) is 0 Å². The molecule has 2 aromatic carbocycles. The zero-order chi connectivity index (χ0) is 16.9. The molecule has 1 aliphatic heterocycles. The fraction of sp³-hybridized carbons (Fsp3) is 0.381. The lowest BCUT2D eigenvalue weighted by Crippen LogP contribution is -2.43. The second kappa shape index (κ2) is 7.81. The van der Waals surface area contributed by atoms with E-state index >= 15 is 0 Å². The smallest absolute Gasteiger partial charge is 0.110 e. The van der Waals surface area contributed by atoms with Gasteiger partial charge in [0.15, 0.2) is 0 Å². The van der Waals surface area contributed by atoms with Gasteiger partial charge in [0.1, 0.15) is 5.82 Å². The molecule has 0 atom stereocenters. The van der Waals surface area contributed by atoms with Gasteiger partial charge in [0.25, 0.3) is 0 Å². The molecule has 4 rings (SSSR count). The maximum Gasteiger partial charge on any atom is 0.110 e. The number of fused-ring (bicyclic) bond motifs is 1. The number of piperazine rings is 1. The van der Waals surface area contributed by atoms with Crippen LogP contribution in [0.15, 0.2) is 54.6 Å². The number of rotatable bonds is 6. The van der Waals surface area contributed by atoms with Crippen molar-refractivity contribution in [2.45, 2.75) is 19.4 Å². The molecule has 1 aromatic heterocycles. The van der Waals surface area contributed by atoms with Crippen molar-refractivity contribution in [1.29, 1.82) is 0 Å². The molecule has 130 valence electrons. The van der Waals surface area contributed by atoms with Gasteiger partial charge in [-0.1, -0.05) is 42.5 Å². The Hall–Kier alpha value is -2.17. The number of benzene rings is 2. The zero-order valence-electron chi connectivity index (χ0n) is 14.7. The van der Waals surface area contributed by atoms with E-state index in [9.17, 15) is 0 Å². The summed E-state index contributed by atoms with van der Waals surface area (Å²) in [6.07, 6.45) is 2.20. The van der Waals surface area contributed by atoms with Crippen molar-refractivity contribution in [2.24, 2.45) is 0 Å². The lowest BCUT2D eigenvalue weighted by molar-refractivity contribution is 0.238. The van der Waals surface area contributed by atoms with E-state index in [1.807, 2.05) is 0 Å². The third-order valence-electron chi connectivity index (χ3n) is 5.00. The van der Waals surface area contributed by atoms with Crippen LogP contribution in [0.2, 0.25) is 0 Å². The molecule has 3 aromatic rings. The Morgan fingerprint density at radius 1 is 0.920 bits per heavy atom. The average Bonchev–Trinajstić information content (AvgIpc) is 3.01. The van der Waals surface area contributed by atoms with Gasteiger partial charge < -0.3 is 14.8 Å². The van der Waals surface area contributed by atoms with E-state index in [2.05, 4.69) is 69.4 Å². The fourth-order valence-corrected chi connectivity index (χ4v) is 3.65. The van der Waals surface area contributed by atoms with E-state index in [0.29, 0.717) is 0 Å². The summed E-state index contributed by atoms with van der Waals surface area (Å²) in [5.41, 5.74) is 3.67. The predicted octanol–water partition coefficient (Wildman–Crippen LogP) is 2.92. The number of nitrogens with zero attached hydrogens (tertiary/aromatic N) is 3. The van der Waals surface area contributed by atoms with Crippen molar-refractivity contribution >= 4 is 11.0 Å². The highest BCUT2D eigenvalue weighted by atomic mass is 15.2. The monoisotopic (exact) mass is 334 g/mol. The van der Waals surface area contributed by atoms with E-state index in [4.69, 9.17) is 4.98 Å². The summed E-state index contributed by atoms with van der Waals surface area (Å²) in [6, 6.07) is 19.2. The summed E-state index contributed by atoms with van der Waals surface area (Å²) in [5.74, 6) is 1.21. The summed E-state index contributed by atoms with van der Waals surface area (Å²) in [5, 5.41) is 3.42. The third-order valence-corrected chi connectivity index (χ3v) is 5.00. The second-order valence-electron chi connectivity index (χ2n) is 6.78. The SMILES string of the molecule is c1ccc(Cn2c(CCCN3CCNCC3)nc3ccccc32)cc1. The molecule has 1 aliphatic rings. The average molecular weight is 334 g/mol. The Morgan fingerprint density at radius 2 is 1.68 bits per heavy atom. The quantitative estimate of drug-likeness (QED) is 0.752. The fourth-order valence-electron chi connectivity index (χ4n) is 3.65.